The highest BCUT2D eigenvalue weighted by Gasteiger charge is 2.29. The predicted octanol–water partition coefficient (Wildman–Crippen LogP) is -0.610. The van der Waals surface area contributed by atoms with E-state index in [2.05, 4.69) is 4.74 Å². The lowest BCUT2D eigenvalue weighted by Crippen LogP contribution is -2.39. The third-order valence-electron chi connectivity index (χ3n) is 2.50. The molecule has 3 atom stereocenters. The second-order valence-corrected chi connectivity index (χ2v) is 4.50. The van der Waals surface area contributed by atoms with Crippen molar-refractivity contribution in [1.82, 2.24) is 0 Å². The Bertz CT molecular complexity index is 547. The van der Waals surface area contributed by atoms with E-state index < -0.39 is 36.2 Å². The highest BCUT2D eigenvalue weighted by atomic mass is 35.5. The van der Waals surface area contributed by atoms with Gasteiger partial charge < -0.3 is 30.9 Å². The molecule has 0 aliphatic heterocycles. The first-order valence-corrected chi connectivity index (χ1v) is 6.40. The number of aliphatic hydroxyl groups excluding tert-OH is 2. The molecule has 0 saturated carbocycles. The highest BCUT2D eigenvalue weighted by Crippen LogP contribution is 2.21. The van der Waals surface area contributed by atoms with Crippen molar-refractivity contribution in [3.8, 4) is 0 Å². The number of carbonyl (C=O) groups excluding carboxylic acids is 1. The fourth-order valence-corrected chi connectivity index (χ4v) is 1.50. The number of nitrogens with two attached hydrogens (primary N) is 1. The van der Waals surface area contributed by atoms with Crippen molar-refractivity contribution >= 4 is 29.5 Å². The predicted molar refractivity (Wildman–Crippen MR) is 77.7 cm³/mol. The smallest absolute Gasteiger partial charge is 0.335 e. The molecule has 0 spiro atoms. The summed E-state index contributed by atoms with van der Waals surface area (Å²) in [5.41, 5.74) is 6.17. The summed E-state index contributed by atoms with van der Waals surface area (Å²) in [4.78, 5) is 30.6. The molecule has 1 aromatic rings. The summed E-state index contributed by atoms with van der Waals surface area (Å²) in [6.45, 7) is 0. The lowest BCUT2D eigenvalue weighted by atomic mass is 10.1. The van der Waals surface area contributed by atoms with Crippen LogP contribution in [0.25, 0.3) is 0 Å². The number of hydrogen-bond acceptors (Lipinski definition) is 7. The van der Waals surface area contributed by atoms with E-state index in [1.54, 1.807) is 24.3 Å². The maximum atomic E-state index is 11.1. The normalized spacial score (nSPS) is 13.8. The van der Waals surface area contributed by atoms with Crippen LogP contribution in [0, 0.1) is 0 Å². The van der Waals surface area contributed by atoms with E-state index in [4.69, 9.17) is 37.8 Å². The Morgan fingerprint density at radius 2 is 1.52 bits per heavy atom. The van der Waals surface area contributed by atoms with Gasteiger partial charge >= 0.3 is 17.9 Å². The molecular formula is C13H16ClNO8. The zero-order chi connectivity index (χ0) is 18.2. The van der Waals surface area contributed by atoms with Crippen LogP contribution in [0.15, 0.2) is 24.3 Å². The highest BCUT2D eigenvalue weighted by molar-refractivity contribution is 6.31. The molecule has 0 aromatic heterocycles. The van der Waals surface area contributed by atoms with Crippen LogP contribution in [-0.4, -0.2) is 57.7 Å². The van der Waals surface area contributed by atoms with Gasteiger partial charge in [-0.05, 0) is 11.6 Å². The molecule has 0 fully saturated rings. The number of rotatable bonds is 5. The number of halogens is 1. The monoisotopic (exact) mass is 349 g/mol. The van der Waals surface area contributed by atoms with Crippen molar-refractivity contribution in [3.63, 3.8) is 0 Å². The first kappa shape index (κ1) is 20.8. The van der Waals surface area contributed by atoms with Gasteiger partial charge in [-0.25, -0.2) is 9.59 Å². The van der Waals surface area contributed by atoms with Crippen LogP contribution >= 0.6 is 11.6 Å². The second-order valence-electron chi connectivity index (χ2n) is 4.09. The largest absolute Gasteiger partial charge is 0.479 e. The number of methoxy groups -OCH3 is 1. The van der Waals surface area contributed by atoms with Crippen LogP contribution in [0.2, 0.25) is 5.02 Å². The fourth-order valence-electron chi connectivity index (χ4n) is 1.25. The number of aliphatic carboxylic acids is 2. The van der Waals surface area contributed by atoms with Gasteiger partial charge in [-0.15, -0.1) is 0 Å². The van der Waals surface area contributed by atoms with Gasteiger partial charge in [0, 0.05) is 5.02 Å². The molecule has 9 nitrogen and oxygen atoms in total. The SMILES string of the molecule is COC(=O)[C@H](N)c1ccccc1Cl.O=C(O)[C@H](O)[C@@H](O)C(=O)O. The summed E-state index contributed by atoms with van der Waals surface area (Å²) in [7, 11) is 1.29. The molecule has 0 aliphatic rings. The van der Waals surface area contributed by atoms with E-state index in [-0.39, 0.29) is 0 Å². The van der Waals surface area contributed by atoms with E-state index >= 15 is 0 Å². The Balaban J connectivity index is 0.000000438. The van der Waals surface area contributed by atoms with Crippen LogP contribution in [0.1, 0.15) is 11.6 Å². The number of esters is 1. The molecule has 23 heavy (non-hydrogen) atoms. The number of carboxylic acid groups (broad SMARTS) is 2. The molecule has 0 aliphatic carbocycles. The summed E-state index contributed by atoms with van der Waals surface area (Å²) < 4.78 is 4.50. The average molecular weight is 350 g/mol. The summed E-state index contributed by atoms with van der Waals surface area (Å²) in [5, 5.41) is 33.0. The van der Waals surface area contributed by atoms with E-state index in [0.717, 1.165) is 0 Å². The Labute approximate surface area is 135 Å². The summed E-state index contributed by atoms with van der Waals surface area (Å²) >= 11 is 5.83. The summed E-state index contributed by atoms with van der Waals surface area (Å²) in [6, 6.07) is 6.11. The standard InChI is InChI=1S/C9H10ClNO2.C4H6O6/c1-13-9(12)8(11)6-4-2-3-5-7(6)10;5-1(3(7)8)2(6)4(9)10/h2-5,8H,11H2,1H3;1-2,5-6H,(H,7,8)(H,9,10)/t8-;1-,2-/m11/s1. The van der Waals surface area contributed by atoms with Gasteiger partial charge in [0.2, 0.25) is 0 Å². The topological polar surface area (TPSA) is 167 Å². The molecule has 0 amide bonds. The third-order valence-corrected chi connectivity index (χ3v) is 2.84. The minimum absolute atomic E-state index is 0.473. The van der Waals surface area contributed by atoms with Crippen molar-refractivity contribution in [3.05, 3.63) is 34.9 Å². The first-order chi connectivity index (χ1) is 10.6. The van der Waals surface area contributed by atoms with Crippen molar-refractivity contribution in [2.75, 3.05) is 7.11 Å². The van der Waals surface area contributed by atoms with E-state index in [0.29, 0.717) is 10.6 Å². The Kier molecular flexibility index (Phi) is 8.81. The van der Waals surface area contributed by atoms with Gasteiger partial charge in [-0.3, -0.25) is 4.79 Å². The molecule has 0 radical (unpaired) electrons. The minimum atomic E-state index is -2.27. The van der Waals surface area contributed by atoms with Gasteiger partial charge in [0.15, 0.2) is 12.2 Å². The summed E-state index contributed by atoms with van der Waals surface area (Å²) in [6.07, 6.45) is -4.53. The fraction of sp³-hybridized carbons (Fsp3) is 0.308. The molecule has 0 unspecified atom stereocenters. The molecule has 10 heteroatoms. The van der Waals surface area contributed by atoms with E-state index in [1.165, 1.54) is 7.11 Å². The lowest BCUT2D eigenvalue weighted by Gasteiger charge is -2.10. The maximum Gasteiger partial charge on any atom is 0.335 e. The van der Waals surface area contributed by atoms with Crippen LogP contribution < -0.4 is 5.73 Å². The van der Waals surface area contributed by atoms with Crippen LogP contribution in [-0.2, 0) is 19.1 Å². The second kappa shape index (κ2) is 9.74. The quantitative estimate of drug-likeness (QED) is 0.435. The van der Waals surface area contributed by atoms with E-state index in [9.17, 15) is 14.4 Å². The van der Waals surface area contributed by atoms with Gasteiger partial charge in [0.25, 0.3) is 0 Å². The number of hydrogen-bond donors (Lipinski definition) is 5. The number of carboxylic acids is 2. The van der Waals surface area contributed by atoms with E-state index in [1.807, 2.05) is 0 Å². The third kappa shape index (κ3) is 6.61. The van der Waals surface area contributed by atoms with Gasteiger partial charge in [-0.2, -0.15) is 0 Å². The molecule has 0 heterocycles. The lowest BCUT2D eigenvalue weighted by molar-refractivity contribution is -0.165. The van der Waals surface area contributed by atoms with Crippen molar-refractivity contribution in [2.45, 2.75) is 18.2 Å². The number of aliphatic hydroxyl groups is 2. The molecule has 0 bridgehead atoms. The minimum Gasteiger partial charge on any atom is -0.479 e. The number of ether oxygens (including phenoxy) is 1. The zero-order valence-corrected chi connectivity index (χ0v) is 12.7. The Morgan fingerprint density at radius 1 is 1.09 bits per heavy atom. The Morgan fingerprint density at radius 3 is 1.87 bits per heavy atom. The zero-order valence-electron chi connectivity index (χ0n) is 11.9. The van der Waals surface area contributed by atoms with Crippen LogP contribution in [0.4, 0.5) is 0 Å². The number of benzene rings is 1. The molecule has 6 N–H and O–H groups in total. The van der Waals surface area contributed by atoms with Crippen LogP contribution in [0.5, 0.6) is 0 Å². The van der Waals surface area contributed by atoms with Gasteiger partial charge in [0.05, 0.1) is 7.11 Å². The van der Waals surface area contributed by atoms with Gasteiger partial charge in [-0.1, -0.05) is 29.8 Å². The average Bonchev–Trinajstić information content (AvgIpc) is 2.52. The summed E-state index contributed by atoms with van der Waals surface area (Å²) in [5.74, 6) is -4.03. The number of carbonyl (C=O) groups is 3. The molecular weight excluding hydrogens is 334 g/mol. The molecule has 1 rings (SSSR count). The van der Waals surface area contributed by atoms with Crippen molar-refractivity contribution < 1.29 is 39.5 Å². The molecule has 0 saturated heterocycles. The van der Waals surface area contributed by atoms with Crippen LogP contribution in [0.3, 0.4) is 0 Å². The van der Waals surface area contributed by atoms with Crippen molar-refractivity contribution in [2.24, 2.45) is 5.73 Å². The Hall–Kier alpha value is -2.20. The molecule has 128 valence electrons. The maximum absolute atomic E-state index is 11.1. The van der Waals surface area contributed by atoms with Crippen molar-refractivity contribution in [1.29, 1.82) is 0 Å². The van der Waals surface area contributed by atoms with Gasteiger partial charge in [0.1, 0.15) is 6.04 Å². The molecule has 1 aromatic carbocycles. The first-order valence-electron chi connectivity index (χ1n) is 6.03.